The molecule has 0 aromatic heterocycles. The number of benzene rings is 4. The van der Waals surface area contributed by atoms with Crippen molar-refractivity contribution in [1.82, 2.24) is 0 Å². The molecule has 1 amide bonds. The Morgan fingerprint density at radius 3 is 2.16 bits per heavy atom. The maximum absolute atomic E-state index is 13.1. The standard InChI is InChI=1S/C29H25N3O4S/c1-37(35,36)27-12-5-3-10-24(27)19-13-15-20(16-14-19)26(33)18-21-7-2-4-11-25(21)32-29(34)23-9-6-8-22(17-23)28(30)31/h2-17H,18H2,1H3,(H3,30,31)(H,32,34). The van der Waals surface area contributed by atoms with Gasteiger partial charge in [-0.1, -0.05) is 72.8 Å². The van der Waals surface area contributed by atoms with E-state index in [-0.39, 0.29) is 28.8 Å². The van der Waals surface area contributed by atoms with E-state index in [0.717, 1.165) is 0 Å². The Morgan fingerprint density at radius 1 is 0.811 bits per heavy atom. The van der Waals surface area contributed by atoms with E-state index in [1.807, 2.05) is 0 Å². The van der Waals surface area contributed by atoms with Crippen molar-refractivity contribution >= 4 is 33.1 Å². The van der Waals surface area contributed by atoms with Gasteiger partial charge in [-0.2, -0.15) is 0 Å². The number of nitrogens with two attached hydrogens (primary N) is 1. The molecule has 0 aliphatic carbocycles. The second kappa shape index (κ2) is 10.6. The number of amides is 1. The van der Waals surface area contributed by atoms with Crippen LogP contribution in [0.3, 0.4) is 0 Å². The zero-order chi connectivity index (χ0) is 26.6. The molecule has 4 aromatic rings. The smallest absolute Gasteiger partial charge is 0.255 e. The molecule has 0 saturated carbocycles. The van der Waals surface area contributed by atoms with Crippen LogP contribution in [0.4, 0.5) is 5.69 Å². The highest BCUT2D eigenvalue weighted by Crippen LogP contribution is 2.28. The van der Waals surface area contributed by atoms with Gasteiger partial charge in [0.15, 0.2) is 15.6 Å². The highest BCUT2D eigenvalue weighted by atomic mass is 32.2. The number of anilines is 1. The van der Waals surface area contributed by atoms with E-state index >= 15 is 0 Å². The summed E-state index contributed by atoms with van der Waals surface area (Å²) >= 11 is 0. The highest BCUT2D eigenvalue weighted by molar-refractivity contribution is 7.90. The summed E-state index contributed by atoms with van der Waals surface area (Å²) in [6.07, 6.45) is 1.23. The molecule has 4 N–H and O–H groups in total. The van der Waals surface area contributed by atoms with Gasteiger partial charge in [0.25, 0.3) is 5.91 Å². The van der Waals surface area contributed by atoms with Crippen LogP contribution in [0.15, 0.2) is 102 Å². The first-order chi connectivity index (χ1) is 17.6. The van der Waals surface area contributed by atoms with Crippen molar-refractivity contribution in [2.45, 2.75) is 11.3 Å². The second-order valence-corrected chi connectivity index (χ2v) is 10.5. The van der Waals surface area contributed by atoms with Crippen molar-refractivity contribution in [3.8, 4) is 11.1 Å². The van der Waals surface area contributed by atoms with Gasteiger partial charge in [0, 0.05) is 40.6 Å². The number of ketones is 1. The lowest BCUT2D eigenvalue weighted by molar-refractivity contribution is 0.0989. The van der Waals surface area contributed by atoms with Crippen molar-refractivity contribution in [2.75, 3.05) is 11.6 Å². The topological polar surface area (TPSA) is 130 Å². The third-order valence-corrected chi connectivity index (χ3v) is 7.01. The van der Waals surface area contributed by atoms with Gasteiger partial charge < -0.3 is 11.1 Å². The summed E-state index contributed by atoms with van der Waals surface area (Å²) in [5.41, 5.74) is 9.21. The molecular formula is C29H25N3O4S. The lowest BCUT2D eigenvalue weighted by Crippen LogP contribution is -2.16. The number of hydrogen-bond acceptors (Lipinski definition) is 5. The number of rotatable bonds is 8. The molecule has 7 nitrogen and oxygen atoms in total. The maximum Gasteiger partial charge on any atom is 0.255 e. The van der Waals surface area contributed by atoms with Gasteiger partial charge in [0.1, 0.15) is 5.84 Å². The normalized spacial score (nSPS) is 11.1. The van der Waals surface area contributed by atoms with Crippen molar-refractivity contribution in [2.24, 2.45) is 5.73 Å². The van der Waals surface area contributed by atoms with Crippen LogP contribution < -0.4 is 11.1 Å². The van der Waals surface area contributed by atoms with Crippen LogP contribution in [0.1, 0.15) is 31.8 Å². The summed E-state index contributed by atoms with van der Waals surface area (Å²) in [5, 5.41) is 10.4. The summed E-state index contributed by atoms with van der Waals surface area (Å²) in [6.45, 7) is 0. The minimum Gasteiger partial charge on any atom is -0.384 e. The molecule has 0 saturated heterocycles. The van der Waals surface area contributed by atoms with E-state index in [4.69, 9.17) is 11.1 Å². The summed E-state index contributed by atoms with van der Waals surface area (Å²) in [5.74, 6) is -0.661. The molecule has 4 aromatic carbocycles. The van der Waals surface area contributed by atoms with E-state index < -0.39 is 9.84 Å². The van der Waals surface area contributed by atoms with E-state index in [1.54, 1.807) is 91.0 Å². The predicted molar refractivity (Wildman–Crippen MR) is 145 cm³/mol. The average Bonchev–Trinajstić information content (AvgIpc) is 2.89. The van der Waals surface area contributed by atoms with Crippen LogP contribution in [0.25, 0.3) is 11.1 Å². The molecule has 37 heavy (non-hydrogen) atoms. The molecule has 0 fully saturated rings. The first kappa shape index (κ1) is 25.5. The second-order valence-electron chi connectivity index (χ2n) is 8.55. The van der Waals surface area contributed by atoms with Crippen LogP contribution in [-0.2, 0) is 16.3 Å². The summed E-state index contributed by atoms with van der Waals surface area (Å²) in [6, 6.07) is 27.1. The fourth-order valence-corrected chi connectivity index (χ4v) is 4.87. The molecule has 0 radical (unpaired) electrons. The number of carbonyl (C=O) groups excluding carboxylic acids is 2. The lowest BCUT2D eigenvalue weighted by Gasteiger charge is -2.12. The van der Waals surface area contributed by atoms with Crippen molar-refractivity contribution in [1.29, 1.82) is 5.41 Å². The Balaban J connectivity index is 1.53. The lowest BCUT2D eigenvalue weighted by atomic mass is 9.98. The number of sulfone groups is 1. The molecule has 0 aliphatic rings. The van der Waals surface area contributed by atoms with E-state index in [2.05, 4.69) is 5.32 Å². The first-order valence-corrected chi connectivity index (χ1v) is 13.3. The van der Waals surface area contributed by atoms with Crippen molar-refractivity contribution in [3.05, 3.63) is 119 Å². The Labute approximate surface area is 215 Å². The number of carbonyl (C=O) groups is 2. The molecule has 4 rings (SSSR count). The molecule has 0 atom stereocenters. The van der Waals surface area contributed by atoms with E-state index in [1.165, 1.54) is 12.3 Å². The molecule has 0 spiro atoms. The average molecular weight is 512 g/mol. The number of Topliss-reactive ketones (excluding diaryl/α,β-unsaturated/α-hetero) is 1. The number of para-hydroxylation sites is 1. The largest absolute Gasteiger partial charge is 0.384 e. The van der Waals surface area contributed by atoms with Crippen LogP contribution in [0, 0.1) is 5.41 Å². The molecule has 0 heterocycles. The molecule has 8 heteroatoms. The molecule has 186 valence electrons. The number of nitrogens with one attached hydrogen (secondary N) is 2. The van der Waals surface area contributed by atoms with Gasteiger partial charge in [-0.3, -0.25) is 15.0 Å². The fourth-order valence-electron chi connectivity index (χ4n) is 3.96. The van der Waals surface area contributed by atoms with Gasteiger partial charge in [-0.05, 0) is 35.4 Å². The van der Waals surface area contributed by atoms with E-state index in [9.17, 15) is 18.0 Å². The summed E-state index contributed by atoms with van der Waals surface area (Å²) < 4.78 is 24.3. The number of nitrogen functional groups attached to an aromatic ring is 1. The zero-order valence-electron chi connectivity index (χ0n) is 20.1. The fraction of sp³-hybridized carbons (Fsp3) is 0.0690. The summed E-state index contributed by atoms with van der Waals surface area (Å²) in [4.78, 5) is 26.1. The maximum atomic E-state index is 13.1. The van der Waals surface area contributed by atoms with Crippen LogP contribution in [-0.4, -0.2) is 32.2 Å². The summed E-state index contributed by atoms with van der Waals surface area (Å²) in [7, 11) is -3.41. The van der Waals surface area contributed by atoms with Gasteiger partial charge in [0.05, 0.1) is 4.90 Å². The highest BCUT2D eigenvalue weighted by Gasteiger charge is 2.16. The van der Waals surface area contributed by atoms with Crippen LogP contribution in [0.2, 0.25) is 0 Å². The number of hydrogen-bond donors (Lipinski definition) is 3. The van der Waals surface area contributed by atoms with Crippen molar-refractivity contribution < 1.29 is 18.0 Å². The third-order valence-electron chi connectivity index (χ3n) is 5.86. The molecule has 0 unspecified atom stereocenters. The SMILES string of the molecule is CS(=O)(=O)c1ccccc1-c1ccc(C(=O)Cc2ccccc2NC(=O)c2cccc(C(=N)N)c2)cc1. The van der Waals surface area contributed by atoms with Gasteiger partial charge in [-0.25, -0.2) is 8.42 Å². The quantitative estimate of drug-likeness (QED) is 0.179. The Kier molecular flexibility index (Phi) is 7.31. The van der Waals surface area contributed by atoms with Crippen LogP contribution >= 0.6 is 0 Å². The molecular weight excluding hydrogens is 486 g/mol. The molecule has 0 aliphatic heterocycles. The minimum atomic E-state index is -3.41. The monoisotopic (exact) mass is 511 g/mol. The predicted octanol–water partition coefficient (Wildman–Crippen LogP) is 4.72. The Hall–Kier alpha value is -4.56. The van der Waals surface area contributed by atoms with Gasteiger partial charge in [-0.15, -0.1) is 0 Å². The van der Waals surface area contributed by atoms with Gasteiger partial charge in [0.2, 0.25) is 0 Å². The number of amidine groups is 1. The minimum absolute atomic E-state index is 0.0587. The van der Waals surface area contributed by atoms with E-state index in [0.29, 0.717) is 39.1 Å². The Bertz CT molecular complexity index is 1610. The first-order valence-electron chi connectivity index (χ1n) is 11.4. The van der Waals surface area contributed by atoms with Crippen molar-refractivity contribution in [3.63, 3.8) is 0 Å². The molecule has 0 bridgehead atoms. The zero-order valence-corrected chi connectivity index (χ0v) is 20.9. The third kappa shape index (κ3) is 5.99. The van der Waals surface area contributed by atoms with Gasteiger partial charge >= 0.3 is 0 Å². The van der Waals surface area contributed by atoms with Crippen LogP contribution in [0.5, 0.6) is 0 Å². The Morgan fingerprint density at radius 2 is 1.46 bits per heavy atom.